The fraction of sp³-hybridized carbons (Fsp3) is 0.947. The highest BCUT2D eigenvalue weighted by molar-refractivity contribution is 5.74. The number of nitrogens with one attached hydrogen (secondary N) is 1. The molecule has 0 unspecified atom stereocenters. The Morgan fingerprint density at radius 1 is 0.462 bits per heavy atom. The van der Waals surface area contributed by atoms with Crippen LogP contribution in [0.2, 0.25) is 0 Å². The number of carbonyl (C=O) groups is 1. The highest BCUT2D eigenvalue weighted by atomic mass is 19.4. The van der Waals surface area contributed by atoms with Crippen molar-refractivity contribution >= 4 is 5.91 Å². The molecule has 0 saturated heterocycles. The van der Waals surface area contributed by atoms with E-state index in [0.717, 1.165) is 0 Å². The van der Waals surface area contributed by atoms with Gasteiger partial charge in [0.15, 0.2) is 0 Å². The number of hydrogen-bond donors (Lipinski definition) is 2. The third kappa shape index (κ3) is 7.12. The Balaban J connectivity index is 5.40. The molecule has 20 heteroatoms. The fourth-order valence-electron chi connectivity index (χ4n) is 3.10. The van der Waals surface area contributed by atoms with Gasteiger partial charge in [-0.25, -0.2) is 5.48 Å². The molecule has 0 aromatic rings. The molecule has 3 nitrogen and oxygen atoms in total. The van der Waals surface area contributed by atoms with Crippen LogP contribution in [-0.2, 0) is 4.79 Å². The molecule has 234 valence electrons. The predicted octanol–water partition coefficient (Wildman–Crippen LogP) is 8.40. The number of carbonyl (C=O) groups excluding carboxylic acids is 1. The lowest BCUT2D eigenvalue weighted by molar-refractivity contribution is -0.461. The van der Waals surface area contributed by atoms with Gasteiger partial charge in [0.25, 0.3) is 0 Å². The van der Waals surface area contributed by atoms with Crippen LogP contribution in [-0.4, -0.2) is 58.7 Å². The Bertz CT molecular complexity index is 795. The highest BCUT2D eigenvalue weighted by Crippen LogP contribution is 2.64. The second kappa shape index (κ2) is 12.4. The van der Waals surface area contributed by atoms with Crippen LogP contribution >= 0.6 is 0 Å². The van der Waals surface area contributed by atoms with Crippen LogP contribution in [0.5, 0.6) is 0 Å². The molecule has 39 heavy (non-hydrogen) atoms. The van der Waals surface area contributed by atoms with E-state index in [1.165, 1.54) is 5.48 Å². The molecule has 0 aromatic carbocycles. The molecule has 2 N–H and O–H groups in total. The van der Waals surface area contributed by atoms with Gasteiger partial charge in [0.1, 0.15) is 0 Å². The molecule has 0 atom stereocenters. The number of amides is 1. The third-order valence-electron chi connectivity index (χ3n) is 5.56. The van der Waals surface area contributed by atoms with Crippen LogP contribution in [0.25, 0.3) is 0 Å². The van der Waals surface area contributed by atoms with E-state index in [0.29, 0.717) is 25.7 Å². The zero-order valence-corrected chi connectivity index (χ0v) is 19.4. The molecule has 0 heterocycles. The molecule has 0 radical (unpaired) electrons. The largest absolute Gasteiger partial charge is 0.460 e. The van der Waals surface area contributed by atoms with Crippen molar-refractivity contribution in [3.63, 3.8) is 0 Å². The van der Waals surface area contributed by atoms with Crippen molar-refractivity contribution < 1.29 is 84.6 Å². The molecule has 0 bridgehead atoms. The average Bonchev–Trinajstić information content (AvgIpc) is 2.78. The lowest BCUT2D eigenvalue weighted by Gasteiger charge is -2.42. The SMILES string of the molecule is O=C(CCCCCCCCCCC(F)(F)C(F)(F)C(F)(F)C(F)(F)C(F)(F)C(F)(F)C(F)(F)C(F)(F)F)NO. The van der Waals surface area contributed by atoms with E-state index in [2.05, 4.69) is 0 Å². The maximum Gasteiger partial charge on any atom is 0.460 e. The summed E-state index contributed by atoms with van der Waals surface area (Å²) in [6.45, 7) is 0. The molecule has 0 fully saturated rings. The van der Waals surface area contributed by atoms with Gasteiger partial charge >= 0.3 is 47.6 Å². The number of hydroxylamine groups is 1. The summed E-state index contributed by atoms with van der Waals surface area (Å²) in [6, 6.07) is 0. The summed E-state index contributed by atoms with van der Waals surface area (Å²) < 4.78 is 224. The van der Waals surface area contributed by atoms with Gasteiger partial charge in [-0.2, -0.15) is 74.6 Å². The molecule has 0 saturated carbocycles. The minimum Gasteiger partial charge on any atom is -0.289 e. The van der Waals surface area contributed by atoms with Crippen LogP contribution in [0.3, 0.4) is 0 Å². The first-order valence-corrected chi connectivity index (χ1v) is 10.8. The Labute approximate surface area is 209 Å². The summed E-state index contributed by atoms with van der Waals surface area (Å²) in [6.07, 6.45) is -9.85. The number of halogens is 17. The molecule has 0 aromatic heterocycles. The van der Waals surface area contributed by atoms with Crippen molar-refractivity contribution in [1.29, 1.82) is 0 Å². The number of unbranched alkanes of at least 4 members (excludes halogenated alkanes) is 7. The van der Waals surface area contributed by atoms with E-state index in [9.17, 15) is 79.4 Å². The maximum absolute atomic E-state index is 13.8. The molecule has 1 amide bonds. The molecule has 0 spiro atoms. The summed E-state index contributed by atoms with van der Waals surface area (Å²) in [4.78, 5) is 10.8. The summed E-state index contributed by atoms with van der Waals surface area (Å²) in [5, 5.41) is 8.27. The van der Waals surface area contributed by atoms with Crippen molar-refractivity contribution in [2.24, 2.45) is 0 Å². The quantitative estimate of drug-likeness (QED) is 0.0744. The second-order valence-corrected chi connectivity index (χ2v) is 8.51. The molecule has 0 rings (SSSR count). The second-order valence-electron chi connectivity index (χ2n) is 8.51. The summed E-state index contributed by atoms with van der Waals surface area (Å²) in [5.74, 6) is -56.6. The molecule has 0 aliphatic carbocycles. The Hall–Kier alpha value is -1.76. The normalized spacial score (nSPS) is 15.0. The summed E-state index contributed by atoms with van der Waals surface area (Å²) in [5.41, 5.74) is 1.37. The van der Waals surface area contributed by atoms with Crippen molar-refractivity contribution in [3.05, 3.63) is 0 Å². The zero-order valence-electron chi connectivity index (χ0n) is 19.4. The monoisotopic (exact) mass is 619 g/mol. The van der Waals surface area contributed by atoms with Gasteiger partial charge in [-0.15, -0.1) is 0 Å². The predicted molar refractivity (Wildman–Crippen MR) is 96.8 cm³/mol. The highest BCUT2D eigenvalue weighted by Gasteiger charge is 2.95. The standard InChI is InChI=1S/C19H22F17NO2/c20-12(21,10-8-6-4-2-1-3-5-7-9-11(38)37-39)13(22,23)14(24,25)15(26,27)16(28,29)17(30,31)18(32,33)19(34,35)36/h39H,1-10H2,(H,37,38). The smallest absolute Gasteiger partial charge is 0.289 e. The topological polar surface area (TPSA) is 49.3 Å². The maximum atomic E-state index is 13.8. The molecular formula is C19H22F17NO2. The summed E-state index contributed by atoms with van der Waals surface area (Å²) in [7, 11) is 0. The van der Waals surface area contributed by atoms with Gasteiger partial charge in [0.05, 0.1) is 0 Å². The first-order chi connectivity index (χ1) is 17.2. The van der Waals surface area contributed by atoms with E-state index in [4.69, 9.17) is 5.21 Å². The average molecular weight is 619 g/mol. The molecule has 0 aliphatic rings. The number of rotatable bonds is 17. The fourth-order valence-corrected chi connectivity index (χ4v) is 3.10. The Kier molecular flexibility index (Phi) is 11.8. The van der Waals surface area contributed by atoms with E-state index >= 15 is 0 Å². The van der Waals surface area contributed by atoms with Crippen LogP contribution in [0.4, 0.5) is 74.6 Å². The Morgan fingerprint density at radius 2 is 0.769 bits per heavy atom. The van der Waals surface area contributed by atoms with Gasteiger partial charge in [-0.05, 0) is 12.8 Å². The van der Waals surface area contributed by atoms with Crippen molar-refractivity contribution in [1.82, 2.24) is 5.48 Å². The zero-order chi connectivity index (χ0) is 31.4. The summed E-state index contributed by atoms with van der Waals surface area (Å²) >= 11 is 0. The van der Waals surface area contributed by atoms with E-state index in [1.54, 1.807) is 0 Å². The van der Waals surface area contributed by atoms with E-state index < -0.39 is 72.8 Å². The molecular weight excluding hydrogens is 597 g/mol. The minimum atomic E-state index is -8.61. The van der Waals surface area contributed by atoms with E-state index in [-0.39, 0.29) is 19.3 Å². The van der Waals surface area contributed by atoms with Crippen molar-refractivity contribution in [3.8, 4) is 0 Å². The lowest BCUT2D eigenvalue weighted by Crippen LogP contribution is -2.74. The molecule has 0 aliphatic heterocycles. The van der Waals surface area contributed by atoms with Crippen LogP contribution in [0.1, 0.15) is 64.2 Å². The van der Waals surface area contributed by atoms with Gasteiger partial charge in [0, 0.05) is 12.8 Å². The van der Waals surface area contributed by atoms with Gasteiger partial charge in [0.2, 0.25) is 5.91 Å². The van der Waals surface area contributed by atoms with Crippen LogP contribution in [0, 0.1) is 0 Å². The number of alkyl halides is 17. The van der Waals surface area contributed by atoms with E-state index in [1.807, 2.05) is 0 Å². The Morgan fingerprint density at radius 3 is 1.13 bits per heavy atom. The third-order valence-corrected chi connectivity index (χ3v) is 5.56. The van der Waals surface area contributed by atoms with Crippen LogP contribution < -0.4 is 5.48 Å². The van der Waals surface area contributed by atoms with Crippen LogP contribution in [0.15, 0.2) is 0 Å². The minimum absolute atomic E-state index is 0.0161. The number of hydrogen-bond acceptors (Lipinski definition) is 2. The first kappa shape index (κ1) is 37.2. The van der Waals surface area contributed by atoms with Gasteiger partial charge in [-0.1, -0.05) is 38.5 Å². The van der Waals surface area contributed by atoms with Gasteiger partial charge in [-0.3, -0.25) is 10.0 Å². The lowest BCUT2D eigenvalue weighted by atomic mass is 9.87. The van der Waals surface area contributed by atoms with Crippen molar-refractivity contribution in [2.45, 2.75) is 112 Å². The van der Waals surface area contributed by atoms with Gasteiger partial charge < -0.3 is 0 Å². The van der Waals surface area contributed by atoms with Crippen molar-refractivity contribution in [2.75, 3.05) is 0 Å². The first-order valence-electron chi connectivity index (χ1n) is 10.8.